The van der Waals surface area contributed by atoms with Gasteiger partial charge in [-0.25, -0.2) is 0 Å². The summed E-state index contributed by atoms with van der Waals surface area (Å²) in [6.07, 6.45) is 1.93. The molecule has 1 aliphatic heterocycles. The Morgan fingerprint density at radius 1 is 1.32 bits per heavy atom. The van der Waals surface area contributed by atoms with E-state index < -0.39 is 5.60 Å². The summed E-state index contributed by atoms with van der Waals surface area (Å²) in [7, 11) is 0. The van der Waals surface area contributed by atoms with E-state index in [4.69, 9.17) is 0 Å². The van der Waals surface area contributed by atoms with Crippen LogP contribution in [-0.2, 0) is 5.60 Å². The molecule has 2 unspecified atom stereocenters. The van der Waals surface area contributed by atoms with Gasteiger partial charge in [0.25, 0.3) is 0 Å². The summed E-state index contributed by atoms with van der Waals surface area (Å²) in [4.78, 5) is 4.52. The van der Waals surface area contributed by atoms with Crippen LogP contribution in [0.25, 0.3) is 10.9 Å². The van der Waals surface area contributed by atoms with Crippen molar-refractivity contribution in [2.45, 2.75) is 37.5 Å². The number of benzene rings is 1. The van der Waals surface area contributed by atoms with Crippen LogP contribution in [0.15, 0.2) is 30.3 Å². The molecule has 2 atom stereocenters. The van der Waals surface area contributed by atoms with E-state index in [1.165, 1.54) is 0 Å². The molecular weight excluding hydrogens is 254 g/mol. The fourth-order valence-electron chi connectivity index (χ4n) is 2.82. The molecule has 0 bridgehead atoms. The molecule has 1 aromatic heterocycles. The maximum absolute atomic E-state index is 11.0. The Labute approximate surface area is 118 Å². The lowest BCUT2D eigenvalue weighted by atomic mass is 9.85. The van der Waals surface area contributed by atoms with Gasteiger partial charge < -0.3 is 5.11 Å². The van der Waals surface area contributed by atoms with Crippen LogP contribution < -0.4 is 0 Å². The minimum atomic E-state index is -0.692. The number of aryl methyl sites for hydroxylation is 1. The number of aliphatic hydroxyl groups is 1. The molecule has 0 spiro atoms. The van der Waals surface area contributed by atoms with E-state index in [1.54, 1.807) is 0 Å². The first-order chi connectivity index (χ1) is 9.09. The minimum absolute atomic E-state index is 0.247. The summed E-state index contributed by atoms with van der Waals surface area (Å²) >= 11 is 1.86. The molecule has 100 valence electrons. The first kappa shape index (κ1) is 12.9. The summed E-state index contributed by atoms with van der Waals surface area (Å²) in [5.74, 6) is 1.15. The lowest BCUT2D eigenvalue weighted by Gasteiger charge is -2.38. The van der Waals surface area contributed by atoms with Crippen LogP contribution in [0.2, 0.25) is 0 Å². The Morgan fingerprint density at radius 2 is 2.16 bits per heavy atom. The van der Waals surface area contributed by atoms with Crippen molar-refractivity contribution in [3.63, 3.8) is 0 Å². The molecule has 3 heteroatoms. The summed E-state index contributed by atoms with van der Waals surface area (Å²) in [6, 6.07) is 10.3. The van der Waals surface area contributed by atoms with E-state index >= 15 is 0 Å². The molecule has 2 nitrogen and oxygen atoms in total. The molecule has 3 rings (SSSR count). The van der Waals surface area contributed by atoms with Crippen molar-refractivity contribution in [3.8, 4) is 0 Å². The molecular formula is C16H19NOS. The van der Waals surface area contributed by atoms with E-state index in [-0.39, 0.29) is 5.25 Å². The van der Waals surface area contributed by atoms with Gasteiger partial charge in [0.15, 0.2) is 0 Å². The molecule has 1 aromatic carbocycles. The number of fused-ring (bicyclic) bond motifs is 1. The van der Waals surface area contributed by atoms with Gasteiger partial charge in [0, 0.05) is 16.3 Å². The molecule has 2 heterocycles. The third-order valence-corrected chi connectivity index (χ3v) is 5.49. The SMILES string of the molecule is Cc1ccc2cc(C3(O)CCCSC3C)ccc2n1. The van der Waals surface area contributed by atoms with Crippen molar-refractivity contribution in [2.24, 2.45) is 0 Å². The summed E-state index contributed by atoms with van der Waals surface area (Å²) < 4.78 is 0. The summed E-state index contributed by atoms with van der Waals surface area (Å²) in [5, 5.41) is 12.3. The van der Waals surface area contributed by atoms with Crippen LogP contribution in [0, 0.1) is 6.92 Å². The van der Waals surface area contributed by atoms with Crippen LogP contribution in [0.5, 0.6) is 0 Å². The van der Waals surface area contributed by atoms with Gasteiger partial charge in [-0.05, 0) is 49.3 Å². The standard InChI is InChI=1S/C16H19NOS/c1-11-4-5-13-10-14(6-7-15(13)17-11)16(18)8-3-9-19-12(16)2/h4-7,10,12,18H,3,8-9H2,1-2H3. The normalized spacial score (nSPS) is 27.6. The number of thioether (sulfide) groups is 1. The number of pyridine rings is 1. The zero-order valence-corrected chi connectivity index (χ0v) is 12.2. The zero-order chi connectivity index (χ0) is 13.5. The van der Waals surface area contributed by atoms with Gasteiger partial charge in [0.1, 0.15) is 5.60 Å². The van der Waals surface area contributed by atoms with Crippen molar-refractivity contribution in [1.82, 2.24) is 4.98 Å². The van der Waals surface area contributed by atoms with Crippen molar-refractivity contribution in [2.75, 3.05) is 5.75 Å². The van der Waals surface area contributed by atoms with Gasteiger partial charge in [0.2, 0.25) is 0 Å². The van der Waals surface area contributed by atoms with E-state index in [0.717, 1.165) is 40.8 Å². The minimum Gasteiger partial charge on any atom is -0.384 e. The quantitative estimate of drug-likeness (QED) is 0.861. The first-order valence-electron chi connectivity index (χ1n) is 6.81. The Bertz CT molecular complexity index is 613. The Balaban J connectivity index is 2.07. The fourth-order valence-corrected chi connectivity index (χ4v) is 4.01. The topological polar surface area (TPSA) is 33.1 Å². The predicted molar refractivity (Wildman–Crippen MR) is 81.5 cm³/mol. The van der Waals surface area contributed by atoms with Gasteiger partial charge in [-0.1, -0.05) is 19.1 Å². The van der Waals surface area contributed by atoms with E-state index in [2.05, 4.69) is 24.0 Å². The van der Waals surface area contributed by atoms with Gasteiger partial charge >= 0.3 is 0 Å². The fraction of sp³-hybridized carbons (Fsp3) is 0.438. The molecule has 19 heavy (non-hydrogen) atoms. The van der Waals surface area contributed by atoms with Gasteiger partial charge in [-0.2, -0.15) is 11.8 Å². The maximum Gasteiger partial charge on any atom is 0.101 e. The van der Waals surface area contributed by atoms with Crippen molar-refractivity contribution in [1.29, 1.82) is 0 Å². The summed E-state index contributed by atoms with van der Waals surface area (Å²) in [5.41, 5.74) is 2.37. The molecule has 1 fully saturated rings. The monoisotopic (exact) mass is 273 g/mol. The van der Waals surface area contributed by atoms with E-state index in [0.29, 0.717) is 0 Å². The largest absolute Gasteiger partial charge is 0.384 e. The van der Waals surface area contributed by atoms with Crippen molar-refractivity contribution in [3.05, 3.63) is 41.6 Å². The highest BCUT2D eigenvalue weighted by molar-refractivity contribution is 8.00. The van der Waals surface area contributed by atoms with Gasteiger partial charge in [-0.15, -0.1) is 0 Å². The maximum atomic E-state index is 11.0. The lowest BCUT2D eigenvalue weighted by Crippen LogP contribution is -2.38. The number of aromatic nitrogens is 1. The number of rotatable bonds is 1. The molecule has 0 radical (unpaired) electrons. The second kappa shape index (κ2) is 4.80. The average Bonchev–Trinajstić information content (AvgIpc) is 2.41. The van der Waals surface area contributed by atoms with Crippen LogP contribution in [0.4, 0.5) is 0 Å². The van der Waals surface area contributed by atoms with Crippen LogP contribution >= 0.6 is 11.8 Å². The Hall–Kier alpha value is -1.06. The van der Waals surface area contributed by atoms with E-state index in [1.807, 2.05) is 36.9 Å². The smallest absolute Gasteiger partial charge is 0.101 e. The van der Waals surface area contributed by atoms with Crippen LogP contribution in [0.3, 0.4) is 0 Å². The van der Waals surface area contributed by atoms with Crippen molar-refractivity contribution < 1.29 is 5.11 Å². The third kappa shape index (κ3) is 2.26. The molecule has 2 aromatic rings. The third-order valence-electron chi connectivity index (χ3n) is 4.07. The second-order valence-corrected chi connectivity index (χ2v) is 6.85. The van der Waals surface area contributed by atoms with Crippen LogP contribution in [-0.4, -0.2) is 21.1 Å². The molecule has 1 saturated heterocycles. The van der Waals surface area contributed by atoms with Crippen molar-refractivity contribution >= 4 is 22.7 Å². The number of nitrogens with zero attached hydrogens (tertiary/aromatic N) is 1. The highest BCUT2D eigenvalue weighted by Crippen LogP contribution is 2.41. The second-order valence-electron chi connectivity index (χ2n) is 5.40. The molecule has 1 aliphatic rings. The first-order valence-corrected chi connectivity index (χ1v) is 7.86. The van der Waals surface area contributed by atoms with Crippen LogP contribution in [0.1, 0.15) is 31.0 Å². The highest BCUT2D eigenvalue weighted by atomic mass is 32.2. The number of hydrogen-bond donors (Lipinski definition) is 1. The van der Waals surface area contributed by atoms with Gasteiger partial charge in [-0.3, -0.25) is 4.98 Å². The van der Waals surface area contributed by atoms with E-state index in [9.17, 15) is 5.11 Å². The molecule has 1 N–H and O–H groups in total. The number of hydrogen-bond acceptors (Lipinski definition) is 3. The van der Waals surface area contributed by atoms with Gasteiger partial charge in [0.05, 0.1) is 5.52 Å². The predicted octanol–water partition coefficient (Wildman–Crippen LogP) is 3.65. The Kier molecular flexibility index (Phi) is 3.27. The molecule has 0 amide bonds. The molecule has 0 saturated carbocycles. The molecule has 0 aliphatic carbocycles. The highest BCUT2D eigenvalue weighted by Gasteiger charge is 2.38. The Morgan fingerprint density at radius 3 is 2.95 bits per heavy atom. The average molecular weight is 273 g/mol. The summed E-state index contributed by atoms with van der Waals surface area (Å²) in [6.45, 7) is 4.13. The lowest BCUT2D eigenvalue weighted by molar-refractivity contribution is 0.0255. The zero-order valence-electron chi connectivity index (χ0n) is 11.4.